The van der Waals surface area contributed by atoms with E-state index < -0.39 is 0 Å². The molecule has 108 valence electrons. The topological polar surface area (TPSA) is 25.1 Å². The quantitative estimate of drug-likeness (QED) is 0.759. The van der Waals surface area contributed by atoms with E-state index in [0.29, 0.717) is 12.2 Å². The Hall–Kier alpha value is -1.64. The zero-order valence-electron chi connectivity index (χ0n) is 12.1. The number of epoxide rings is 2. The third-order valence-electron chi connectivity index (χ3n) is 4.19. The molecule has 2 aliphatic rings. The molecule has 21 heavy (non-hydrogen) atoms. The first-order chi connectivity index (χ1) is 10.3. The third-order valence-corrected chi connectivity index (χ3v) is 4.19. The second-order valence-corrected chi connectivity index (χ2v) is 6.13. The lowest BCUT2D eigenvalue weighted by Crippen LogP contribution is -1.95. The summed E-state index contributed by atoms with van der Waals surface area (Å²) in [6.45, 7) is 1.86. The largest absolute Gasteiger partial charge is 0.373 e. The normalized spacial score (nSPS) is 23.0. The van der Waals surface area contributed by atoms with Crippen LogP contribution in [0.5, 0.6) is 0 Å². The van der Waals surface area contributed by atoms with Crippen molar-refractivity contribution in [2.45, 2.75) is 31.5 Å². The first-order valence-corrected chi connectivity index (χ1v) is 7.74. The van der Waals surface area contributed by atoms with Gasteiger partial charge in [-0.15, -0.1) is 0 Å². The minimum Gasteiger partial charge on any atom is -0.373 e. The van der Waals surface area contributed by atoms with Crippen molar-refractivity contribution < 1.29 is 9.47 Å². The lowest BCUT2D eigenvalue weighted by atomic mass is 10.0. The van der Waals surface area contributed by atoms with Crippen LogP contribution in [0.4, 0.5) is 0 Å². The molecule has 2 aliphatic heterocycles. The van der Waals surface area contributed by atoms with Crippen molar-refractivity contribution in [3.8, 4) is 0 Å². The lowest BCUT2D eigenvalue weighted by Gasteiger charge is -2.05. The number of hydrogen-bond acceptors (Lipinski definition) is 2. The molecule has 2 nitrogen and oxygen atoms in total. The molecule has 2 aromatic rings. The fraction of sp³-hybridized carbons (Fsp3) is 0.368. The highest BCUT2D eigenvalue weighted by Gasteiger charge is 2.22. The van der Waals surface area contributed by atoms with Gasteiger partial charge in [0.2, 0.25) is 0 Å². The van der Waals surface area contributed by atoms with Crippen LogP contribution in [0.2, 0.25) is 0 Å². The maximum absolute atomic E-state index is 5.27. The highest BCUT2D eigenvalue weighted by Crippen LogP contribution is 2.19. The van der Waals surface area contributed by atoms with Crippen LogP contribution >= 0.6 is 0 Å². The molecule has 0 unspecified atom stereocenters. The predicted octanol–water partition coefficient (Wildman–Crippen LogP) is 3.16. The van der Waals surface area contributed by atoms with Crippen LogP contribution < -0.4 is 0 Å². The first-order valence-electron chi connectivity index (χ1n) is 7.74. The summed E-state index contributed by atoms with van der Waals surface area (Å²) in [6.07, 6.45) is 4.05. The number of rotatable bonds is 6. The molecule has 0 N–H and O–H groups in total. The summed E-state index contributed by atoms with van der Waals surface area (Å²) in [5.74, 6) is 0. The van der Waals surface area contributed by atoms with Crippen LogP contribution in [0.25, 0.3) is 0 Å². The smallest absolute Gasteiger partial charge is 0.0850 e. The van der Waals surface area contributed by atoms with Crippen molar-refractivity contribution in [1.29, 1.82) is 0 Å². The van der Waals surface area contributed by atoms with Crippen molar-refractivity contribution in [3.63, 3.8) is 0 Å². The summed E-state index contributed by atoms with van der Waals surface area (Å²) in [5.41, 5.74) is 5.49. The minimum absolute atomic E-state index is 0.471. The molecule has 2 heterocycles. The molecule has 0 aliphatic carbocycles. The zero-order valence-corrected chi connectivity index (χ0v) is 12.1. The Morgan fingerprint density at radius 1 is 0.619 bits per heavy atom. The van der Waals surface area contributed by atoms with Gasteiger partial charge in [0.15, 0.2) is 0 Å². The molecular weight excluding hydrogens is 260 g/mol. The number of benzene rings is 2. The molecule has 0 amide bonds. The predicted molar refractivity (Wildman–Crippen MR) is 82.6 cm³/mol. The summed E-state index contributed by atoms with van der Waals surface area (Å²) in [6, 6.07) is 17.9. The third kappa shape index (κ3) is 3.72. The molecule has 4 rings (SSSR count). The van der Waals surface area contributed by atoms with Gasteiger partial charge in [-0.3, -0.25) is 0 Å². The Balaban J connectivity index is 1.37. The summed E-state index contributed by atoms with van der Waals surface area (Å²) in [7, 11) is 0. The molecule has 2 heteroatoms. The molecule has 0 saturated carbocycles. The summed E-state index contributed by atoms with van der Waals surface area (Å²) < 4.78 is 10.5. The first kappa shape index (κ1) is 13.1. The van der Waals surface area contributed by atoms with Crippen molar-refractivity contribution in [2.75, 3.05) is 13.2 Å². The van der Waals surface area contributed by atoms with Gasteiger partial charge >= 0.3 is 0 Å². The van der Waals surface area contributed by atoms with Crippen LogP contribution in [0, 0.1) is 0 Å². The van der Waals surface area contributed by atoms with Gasteiger partial charge in [-0.2, -0.15) is 0 Å². The van der Waals surface area contributed by atoms with Crippen LogP contribution in [-0.4, -0.2) is 25.4 Å². The van der Waals surface area contributed by atoms with Crippen molar-refractivity contribution in [1.82, 2.24) is 0 Å². The van der Waals surface area contributed by atoms with Crippen LogP contribution in [0.3, 0.4) is 0 Å². The fourth-order valence-corrected chi connectivity index (χ4v) is 2.72. The molecule has 0 bridgehead atoms. The molecule has 0 aromatic heterocycles. The van der Waals surface area contributed by atoms with Crippen LogP contribution in [0.15, 0.2) is 48.5 Å². The molecule has 2 fully saturated rings. The maximum Gasteiger partial charge on any atom is 0.0850 e. The number of ether oxygens (including phenoxy) is 2. The molecule has 2 atom stereocenters. The Morgan fingerprint density at radius 2 is 0.952 bits per heavy atom. The van der Waals surface area contributed by atoms with E-state index in [-0.39, 0.29) is 0 Å². The zero-order chi connectivity index (χ0) is 14.1. The van der Waals surface area contributed by atoms with Gasteiger partial charge in [0.1, 0.15) is 0 Å². The van der Waals surface area contributed by atoms with Gasteiger partial charge < -0.3 is 9.47 Å². The molecule has 0 spiro atoms. The molecule has 0 radical (unpaired) electrons. The van der Waals surface area contributed by atoms with E-state index in [4.69, 9.17) is 9.47 Å². The molecular formula is C19H20O2. The Bertz CT molecular complexity index is 537. The van der Waals surface area contributed by atoms with E-state index in [1.807, 2.05) is 0 Å². The number of hydrogen-bond donors (Lipinski definition) is 0. The van der Waals surface area contributed by atoms with Crippen molar-refractivity contribution in [2.24, 2.45) is 0 Å². The van der Waals surface area contributed by atoms with Gasteiger partial charge in [-0.25, -0.2) is 0 Å². The summed E-state index contributed by atoms with van der Waals surface area (Å²) in [5, 5.41) is 0. The Morgan fingerprint density at radius 3 is 1.29 bits per heavy atom. The lowest BCUT2D eigenvalue weighted by molar-refractivity contribution is 0.407. The highest BCUT2D eigenvalue weighted by molar-refractivity contribution is 5.31. The van der Waals surface area contributed by atoms with E-state index in [0.717, 1.165) is 32.5 Å². The SMILES string of the molecule is c1cc(C[C@@H]2CO2)ccc1Cc1ccc(C[C@@H]2CO2)cc1. The van der Waals surface area contributed by atoms with E-state index in [1.54, 1.807) is 0 Å². The monoisotopic (exact) mass is 280 g/mol. The van der Waals surface area contributed by atoms with Crippen LogP contribution in [-0.2, 0) is 28.7 Å². The van der Waals surface area contributed by atoms with Gasteiger partial charge in [0.25, 0.3) is 0 Å². The van der Waals surface area contributed by atoms with Gasteiger partial charge in [-0.05, 0) is 28.7 Å². The minimum atomic E-state index is 0.471. The van der Waals surface area contributed by atoms with Gasteiger partial charge in [-0.1, -0.05) is 48.5 Å². The maximum atomic E-state index is 5.27. The van der Waals surface area contributed by atoms with E-state index in [2.05, 4.69) is 48.5 Å². The second-order valence-electron chi connectivity index (χ2n) is 6.13. The van der Waals surface area contributed by atoms with E-state index >= 15 is 0 Å². The van der Waals surface area contributed by atoms with Crippen LogP contribution in [0.1, 0.15) is 22.3 Å². The average molecular weight is 280 g/mol. The fourth-order valence-electron chi connectivity index (χ4n) is 2.72. The standard InChI is InChI=1S/C19H20O2/c1-5-16(10-18-12-20-18)6-2-14(1)9-15-3-7-17(8-4-15)11-19-13-21-19/h1-8,18-19H,9-13H2/t18-,19-/m1/s1. The highest BCUT2D eigenvalue weighted by atomic mass is 16.6. The summed E-state index contributed by atoms with van der Waals surface area (Å²) in [4.78, 5) is 0. The Labute approximate surface area is 125 Å². The molecule has 2 saturated heterocycles. The van der Waals surface area contributed by atoms with E-state index in [1.165, 1.54) is 22.3 Å². The molecule has 2 aromatic carbocycles. The van der Waals surface area contributed by atoms with Crippen molar-refractivity contribution >= 4 is 0 Å². The Kier molecular flexibility index (Phi) is 3.50. The van der Waals surface area contributed by atoms with Gasteiger partial charge in [0, 0.05) is 12.8 Å². The summed E-state index contributed by atoms with van der Waals surface area (Å²) >= 11 is 0. The van der Waals surface area contributed by atoms with Crippen molar-refractivity contribution in [3.05, 3.63) is 70.8 Å². The van der Waals surface area contributed by atoms with E-state index in [9.17, 15) is 0 Å². The average Bonchev–Trinajstić information content (AvgIpc) is 3.40. The van der Waals surface area contributed by atoms with Gasteiger partial charge in [0.05, 0.1) is 25.4 Å². The second kappa shape index (κ2) is 5.63.